The summed E-state index contributed by atoms with van der Waals surface area (Å²) in [7, 11) is 0. The van der Waals surface area contributed by atoms with Crippen LogP contribution in [0.4, 0.5) is 13.2 Å². The second-order valence-electron chi connectivity index (χ2n) is 5.00. The van der Waals surface area contributed by atoms with E-state index in [2.05, 4.69) is 11.6 Å². The van der Waals surface area contributed by atoms with Gasteiger partial charge in [-0.1, -0.05) is 18.9 Å². The highest BCUT2D eigenvalue weighted by atomic mass is 19.4. The summed E-state index contributed by atoms with van der Waals surface area (Å²) in [6.45, 7) is 3.60. The van der Waals surface area contributed by atoms with Crippen LogP contribution in [0.5, 0.6) is 0 Å². The lowest BCUT2D eigenvalue weighted by Gasteiger charge is -2.29. The van der Waals surface area contributed by atoms with Crippen molar-refractivity contribution in [3.8, 4) is 0 Å². The average Bonchev–Trinajstić information content (AvgIpc) is 2.39. The molecule has 0 bridgehead atoms. The third-order valence-electron chi connectivity index (χ3n) is 3.55. The monoisotopic (exact) mass is 304 g/mol. The quantitative estimate of drug-likeness (QED) is 0.465. The number of aliphatic carboxylic acids is 1. The van der Waals surface area contributed by atoms with E-state index in [9.17, 15) is 18.0 Å². The molecule has 0 saturated heterocycles. The van der Waals surface area contributed by atoms with E-state index in [4.69, 9.17) is 10.8 Å². The topological polar surface area (TPSA) is 75.7 Å². The van der Waals surface area contributed by atoms with Gasteiger partial charge in [0.25, 0.3) is 0 Å². The van der Waals surface area contributed by atoms with Crippen molar-refractivity contribution in [2.45, 2.75) is 44.3 Å². The molecule has 21 heavy (non-hydrogen) atoms. The summed E-state index contributed by atoms with van der Waals surface area (Å²) in [5, 5.41) is 8.86. The molecule has 3 N–H and O–H groups in total. The number of nitrogens with zero attached hydrogens (tertiary/aromatic N) is 1. The first-order chi connectivity index (χ1) is 9.81. The molecule has 0 aromatic rings. The number of aliphatic imine (C=N–C) groups is 1. The van der Waals surface area contributed by atoms with Gasteiger partial charge in [0.05, 0.1) is 6.04 Å². The normalized spacial score (nSPS) is 24.7. The minimum Gasteiger partial charge on any atom is -0.478 e. The number of allylic oxidation sites excluding steroid dienone is 1. The fraction of sp³-hybridized carbons (Fsp3) is 0.571. The Labute approximate surface area is 121 Å². The maximum Gasteiger partial charge on any atom is 0.433 e. The van der Waals surface area contributed by atoms with Crippen LogP contribution >= 0.6 is 0 Å². The van der Waals surface area contributed by atoms with Gasteiger partial charge >= 0.3 is 12.1 Å². The molecule has 0 amide bonds. The first-order valence-corrected chi connectivity index (χ1v) is 6.72. The fourth-order valence-electron chi connectivity index (χ4n) is 2.56. The smallest absolute Gasteiger partial charge is 0.433 e. The van der Waals surface area contributed by atoms with E-state index in [0.29, 0.717) is 19.0 Å². The number of carboxylic acid groups (broad SMARTS) is 1. The van der Waals surface area contributed by atoms with Gasteiger partial charge in [-0.05, 0) is 25.2 Å². The number of nitrogens with two attached hydrogens (primary N) is 1. The fourth-order valence-corrected chi connectivity index (χ4v) is 2.56. The third kappa shape index (κ3) is 4.61. The Hall–Kier alpha value is -1.79. The molecule has 0 aromatic heterocycles. The molecule has 4 nitrogen and oxygen atoms in total. The minimum absolute atomic E-state index is 0.0404. The van der Waals surface area contributed by atoms with Crippen LogP contribution < -0.4 is 5.73 Å². The van der Waals surface area contributed by atoms with Crippen LogP contribution in [-0.2, 0) is 4.79 Å². The Balaban J connectivity index is 3.17. The molecule has 1 fully saturated rings. The van der Waals surface area contributed by atoms with E-state index in [-0.39, 0.29) is 5.92 Å². The van der Waals surface area contributed by atoms with Gasteiger partial charge in [0.2, 0.25) is 0 Å². The largest absolute Gasteiger partial charge is 0.478 e. The summed E-state index contributed by atoms with van der Waals surface area (Å²) >= 11 is 0. The van der Waals surface area contributed by atoms with Crippen LogP contribution in [0.3, 0.4) is 0 Å². The highest BCUT2D eigenvalue weighted by molar-refractivity contribution is 6.21. The van der Waals surface area contributed by atoms with Crippen molar-refractivity contribution >= 4 is 11.7 Å². The summed E-state index contributed by atoms with van der Waals surface area (Å²) in [5.41, 5.74) is 2.62. The summed E-state index contributed by atoms with van der Waals surface area (Å²) in [4.78, 5) is 14.6. The summed E-state index contributed by atoms with van der Waals surface area (Å²) < 4.78 is 39.2. The van der Waals surface area contributed by atoms with Crippen LogP contribution in [0.15, 0.2) is 29.4 Å². The molecule has 1 aliphatic carbocycles. The maximum absolute atomic E-state index is 13.1. The molecule has 0 heterocycles. The van der Waals surface area contributed by atoms with Crippen LogP contribution in [0.2, 0.25) is 0 Å². The maximum atomic E-state index is 13.1. The van der Waals surface area contributed by atoms with Gasteiger partial charge in [0, 0.05) is 6.20 Å². The van der Waals surface area contributed by atoms with Crippen LogP contribution in [0, 0.1) is 5.92 Å². The molecular weight excluding hydrogens is 285 g/mol. The molecule has 7 heteroatoms. The van der Waals surface area contributed by atoms with Crippen molar-refractivity contribution in [2.24, 2.45) is 16.6 Å². The van der Waals surface area contributed by atoms with E-state index in [1.54, 1.807) is 6.08 Å². The summed E-state index contributed by atoms with van der Waals surface area (Å²) in [6, 6.07) is -0.553. The average molecular weight is 304 g/mol. The number of carbonyl (C=O) groups is 1. The first kappa shape index (κ1) is 17.3. The molecule has 0 aromatic carbocycles. The number of hydrogen-bond acceptors (Lipinski definition) is 3. The summed E-state index contributed by atoms with van der Waals surface area (Å²) in [5.74, 6) is -1.77. The van der Waals surface area contributed by atoms with Crippen molar-refractivity contribution < 1.29 is 23.1 Å². The number of carboxylic acids is 1. The third-order valence-corrected chi connectivity index (χ3v) is 3.55. The van der Waals surface area contributed by atoms with Crippen molar-refractivity contribution in [1.82, 2.24) is 0 Å². The lowest BCUT2D eigenvalue weighted by Crippen LogP contribution is -2.33. The molecule has 1 aliphatic rings. The van der Waals surface area contributed by atoms with E-state index in [1.165, 1.54) is 0 Å². The second-order valence-corrected chi connectivity index (χ2v) is 5.00. The van der Waals surface area contributed by atoms with Crippen LogP contribution in [0.1, 0.15) is 32.1 Å². The summed E-state index contributed by atoms with van der Waals surface area (Å²) in [6.07, 6.45) is 0.804. The van der Waals surface area contributed by atoms with Crippen molar-refractivity contribution in [2.75, 3.05) is 0 Å². The lowest BCUT2D eigenvalue weighted by atomic mass is 9.82. The number of alkyl halides is 3. The highest BCUT2D eigenvalue weighted by Crippen LogP contribution is 2.32. The van der Waals surface area contributed by atoms with Gasteiger partial charge in [-0.25, -0.2) is 4.79 Å². The Kier molecular flexibility index (Phi) is 5.99. The minimum atomic E-state index is -4.85. The van der Waals surface area contributed by atoms with Crippen molar-refractivity contribution in [1.29, 1.82) is 0 Å². The first-order valence-electron chi connectivity index (χ1n) is 6.72. The van der Waals surface area contributed by atoms with Gasteiger partial charge in [-0.3, -0.25) is 4.99 Å². The number of hydrogen-bond donors (Lipinski definition) is 2. The van der Waals surface area contributed by atoms with Crippen LogP contribution in [-0.4, -0.2) is 29.0 Å². The van der Waals surface area contributed by atoms with Gasteiger partial charge in [0.1, 0.15) is 5.57 Å². The van der Waals surface area contributed by atoms with Gasteiger partial charge in [-0.2, -0.15) is 13.2 Å². The highest BCUT2D eigenvalue weighted by Gasteiger charge is 2.41. The standard InChI is InChI=1S/C14H19F3N2O2/c1-2-5-9-6-3-4-7-11(9)19-12(14(15,16)17)10(8-18)13(20)21/h2,8-9,11H,1,3-7,18H2,(H,20,21)/t9-,11+/m1/s1. The molecule has 0 unspecified atom stereocenters. The molecule has 0 radical (unpaired) electrons. The number of halogens is 3. The van der Waals surface area contributed by atoms with Crippen molar-refractivity contribution in [3.05, 3.63) is 24.4 Å². The number of rotatable bonds is 5. The molecule has 118 valence electrons. The predicted molar refractivity (Wildman–Crippen MR) is 74.0 cm³/mol. The Morgan fingerprint density at radius 1 is 1.38 bits per heavy atom. The SMILES string of the molecule is C=CC[C@@H]1CCCC[C@@H]1N=C(C(=CN)C(=O)O)C(F)(F)F. The molecular formula is C14H19F3N2O2. The van der Waals surface area contributed by atoms with Gasteiger partial charge in [-0.15, -0.1) is 6.58 Å². The van der Waals surface area contributed by atoms with Crippen molar-refractivity contribution in [3.63, 3.8) is 0 Å². The molecule has 0 aliphatic heterocycles. The molecule has 2 atom stereocenters. The molecule has 1 rings (SSSR count). The van der Waals surface area contributed by atoms with E-state index in [0.717, 1.165) is 19.3 Å². The lowest BCUT2D eigenvalue weighted by molar-refractivity contribution is -0.132. The Morgan fingerprint density at radius 2 is 2.00 bits per heavy atom. The van der Waals surface area contributed by atoms with Gasteiger partial charge < -0.3 is 10.8 Å². The van der Waals surface area contributed by atoms with E-state index >= 15 is 0 Å². The van der Waals surface area contributed by atoms with Gasteiger partial charge in [0.15, 0.2) is 5.71 Å². The Morgan fingerprint density at radius 3 is 2.48 bits per heavy atom. The Bertz CT molecular complexity index is 456. The van der Waals surface area contributed by atoms with Crippen LogP contribution in [0.25, 0.3) is 0 Å². The molecule has 0 spiro atoms. The zero-order valence-corrected chi connectivity index (χ0v) is 11.6. The zero-order chi connectivity index (χ0) is 16.0. The molecule has 1 saturated carbocycles. The zero-order valence-electron chi connectivity index (χ0n) is 11.6. The second kappa shape index (κ2) is 7.28. The van der Waals surface area contributed by atoms with E-state index in [1.807, 2.05) is 0 Å². The predicted octanol–water partition coefficient (Wildman–Crippen LogP) is 3.05. The van der Waals surface area contributed by atoms with E-state index < -0.39 is 29.5 Å².